The molecule has 1 nitrogen and oxygen atoms in total. The van der Waals surface area contributed by atoms with Gasteiger partial charge in [-0.15, -0.1) is 5.54 Å². The van der Waals surface area contributed by atoms with E-state index in [1.54, 1.807) is 0 Å². The molecule has 1 saturated carbocycles. The maximum atomic E-state index is 11.3. The van der Waals surface area contributed by atoms with E-state index in [1.807, 2.05) is 0 Å². The summed E-state index contributed by atoms with van der Waals surface area (Å²) >= 11 is 0. The molecule has 0 aliphatic heterocycles. The third-order valence-electron chi connectivity index (χ3n) is 2.04. The molecule has 0 aromatic heterocycles. The van der Waals surface area contributed by atoms with Crippen LogP contribution in [0.25, 0.3) is 0 Å². The van der Waals surface area contributed by atoms with Gasteiger partial charge in [0.2, 0.25) is 5.78 Å². The number of hydrogen-bond donors (Lipinski definition) is 0. The van der Waals surface area contributed by atoms with Gasteiger partial charge in [-0.3, -0.25) is 4.79 Å². The average Bonchev–Trinajstić information content (AvgIpc) is 1.78. The molecular weight excluding hydrogens is 164 g/mol. The van der Waals surface area contributed by atoms with E-state index in [1.165, 1.54) is 6.42 Å². The van der Waals surface area contributed by atoms with E-state index in [9.17, 15) is 4.79 Å². The Morgan fingerprint density at radius 2 is 1.92 bits per heavy atom. The van der Waals surface area contributed by atoms with Gasteiger partial charge in [0.05, 0.1) is 0 Å². The molecule has 0 bridgehead atoms. The van der Waals surface area contributed by atoms with Crippen molar-refractivity contribution in [2.24, 2.45) is 5.92 Å². The molecule has 0 radical (unpaired) electrons. The van der Waals surface area contributed by atoms with Crippen molar-refractivity contribution in [1.82, 2.24) is 0 Å². The Morgan fingerprint density at radius 3 is 2.25 bits per heavy atom. The number of hydrogen-bond acceptors (Lipinski definition) is 1. The van der Waals surface area contributed by atoms with E-state index >= 15 is 0 Å². The lowest BCUT2D eigenvalue weighted by Gasteiger charge is -2.21. The molecule has 0 unspecified atom stereocenters. The minimum atomic E-state index is -1.34. The first kappa shape index (κ1) is 9.53. The Kier molecular flexibility index (Phi) is 2.74. The summed E-state index contributed by atoms with van der Waals surface area (Å²) in [7, 11) is -1.34. The van der Waals surface area contributed by atoms with Crippen LogP contribution in [-0.2, 0) is 4.79 Å². The number of carbonyl (C=O) groups is 1. The van der Waals surface area contributed by atoms with Crippen LogP contribution in [0, 0.1) is 17.4 Å². The first-order valence-electron chi connectivity index (χ1n) is 4.56. The summed E-state index contributed by atoms with van der Waals surface area (Å²) in [6.07, 6.45) is 3.35. The van der Waals surface area contributed by atoms with Gasteiger partial charge in [0.25, 0.3) is 0 Å². The largest absolute Gasteiger partial charge is 0.285 e. The Balaban J connectivity index is 2.47. The summed E-state index contributed by atoms with van der Waals surface area (Å²) in [5, 5.41) is 0. The highest BCUT2D eigenvalue weighted by atomic mass is 28.3. The van der Waals surface area contributed by atoms with Crippen LogP contribution in [0.15, 0.2) is 0 Å². The van der Waals surface area contributed by atoms with Gasteiger partial charge in [0.15, 0.2) is 0 Å². The molecule has 2 heteroatoms. The standard InChI is InChI=1S/C10H16OSi/c1-12(2,3)8-7-10(11)9-5-4-6-9/h9H,4-6H2,1-3H3. The summed E-state index contributed by atoms with van der Waals surface area (Å²) in [5.41, 5.74) is 3.11. The van der Waals surface area contributed by atoms with Crippen molar-refractivity contribution in [3.8, 4) is 11.5 Å². The molecule has 0 saturated heterocycles. The highest BCUT2D eigenvalue weighted by molar-refractivity contribution is 6.84. The lowest BCUT2D eigenvalue weighted by molar-refractivity contribution is -0.119. The fourth-order valence-corrected chi connectivity index (χ4v) is 1.52. The van der Waals surface area contributed by atoms with Crippen LogP contribution in [0.4, 0.5) is 0 Å². The van der Waals surface area contributed by atoms with E-state index in [2.05, 4.69) is 31.1 Å². The van der Waals surface area contributed by atoms with Crippen LogP contribution in [0.2, 0.25) is 19.6 Å². The number of ketones is 1. The van der Waals surface area contributed by atoms with Crippen LogP contribution in [0.1, 0.15) is 19.3 Å². The van der Waals surface area contributed by atoms with Gasteiger partial charge in [0.1, 0.15) is 8.07 Å². The van der Waals surface area contributed by atoms with E-state index in [0.717, 1.165) is 12.8 Å². The normalized spacial score (nSPS) is 17.6. The van der Waals surface area contributed by atoms with E-state index < -0.39 is 8.07 Å². The molecule has 1 aliphatic rings. The van der Waals surface area contributed by atoms with Gasteiger partial charge in [-0.2, -0.15) is 0 Å². The predicted molar refractivity (Wildman–Crippen MR) is 53.5 cm³/mol. The van der Waals surface area contributed by atoms with Crippen molar-refractivity contribution in [3.05, 3.63) is 0 Å². The molecule has 1 fully saturated rings. The quantitative estimate of drug-likeness (QED) is 0.447. The molecule has 1 aliphatic carbocycles. The summed E-state index contributed by atoms with van der Waals surface area (Å²) < 4.78 is 0. The van der Waals surface area contributed by atoms with Gasteiger partial charge in [0, 0.05) is 5.92 Å². The monoisotopic (exact) mass is 180 g/mol. The third kappa shape index (κ3) is 2.82. The number of rotatable bonds is 1. The van der Waals surface area contributed by atoms with E-state index in [0.29, 0.717) is 0 Å². The minimum absolute atomic E-state index is 0.184. The average molecular weight is 180 g/mol. The minimum Gasteiger partial charge on any atom is -0.285 e. The summed E-state index contributed by atoms with van der Waals surface area (Å²) in [5.74, 6) is 3.27. The van der Waals surface area contributed by atoms with E-state index in [-0.39, 0.29) is 11.7 Å². The van der Waals surface area contributed by atoms with Crippen molar-refractivity contribution in [2.75, 3.05) is 0 Å². The fraction of sp³-hybridized carbons (Fsp3) is 0.700. The number of carbonyl (C=O) groups excluding carboxylic acids is 1. The van der Waals surface area contributed by atoms with Crippen molar-refractivity contribution in [1.29, 1.82) is 0 Å². The Morgan fingerprint density at radius 1 is 1.33 bits per heavy atom. The summed E-state index contributed by atoms with van der Waals surface area (Å²) in [6.45, 7) is 6.48. The van der Waals surface area contributed by atoms with Gasteiger partial charge < -0.3 is 0 Å². The molecule has 0 amide bonds. The molecule has 0 aromatic rings. The molecular formula is C10H16OSi. The van der Waals surface area contributed by atoms with Gasteiger partial charge in [-0.1, -0.05) is 26.1 Å². The molecule has 66 valence electrons. The molecule has 1 rings (SSSR count). The van der Waals surface area contributed by atoms with Crippen LogP contribution in [0.3, 0.4) is 0 Å². The van der Waals surface area contributed by atoms with Crippen molar-refractivity contribution in [2.45, 2.75) is 38.9 Å². The van der Waals surface area contributed by atoms with Crippen LogP contribution >= 0.6 is 0 Å². The maximum Gasteiger partial charge on any atom is 0.207 e. The summed E-state index contributed by atoms with van der Waals surface area (Å²) in [4.78, 5) is 11.3. The predicted octanol–water partition coefficient (Wildman–Crippen LogP) is 2.24. The van der Waals surface area contributed by atoms with Crippen LogP contribution in [0.5, 0.6) is 0 Å². The molecule has 12 heavy (non-hydrogen) atoms. The number of Topliss-reactive ketones (excluding diaryl/α,β-unsaturated/α-hetero) is 1. The summed E-state index contributed by atoms with van der Waals surface area (Å²) in [6, 6.07) is 0. The fourth-order valence-electron chi connectivity index (χ4n) is 1.02. The topological polar surface area (TPSA) is 17.1 Å². The first-order chi connectivity index (χ1) is 5.49. The second-order valence-electron chi connectivity index (χ2n) is 4.49. The highest BCUT2D eigenvalue weighted by Gasteiger charge is 2.23. The zero-order valence-electron chi connectivity index (χ0n) is 8.11. The van der Waals surface area contributed by atoms with Crippen LogP contribution in [-0.4, -0.2) is 13.9 Å². The zero-order chi connectivity index (χ0) is 9.19. The molecule has 0 heterocycles. The van der Waals surface area contributed by atoms with Crippen LogP contribution < -0.4 is 0 Å². The molecule has 0 N–H and O–H groups in total. The Hall–Kier alpha value is -0.553. The zero-order valence-corrected chi connectivity index (χ0v) is 9.11. The van der Waals surface area contributed by atoms with Gasteiger partial charge >= 0.3 is 0 Å². The lowest BCUT2D eigenvalue weighted by Crippen LogP contribution is -2.22. The van der Waals surface area contributed by atoms with E-state index in [4.69, 9.17) is 0 Å². The van der Waals surface area contributed by atoms with Gasteiger partial charge in [-0.05, 0) is 18.8 Å². The Bertz CT molecular complexity index is 235. The SMILES string of the molecule is C[Si](C)(C)C#CC(=O)C1CCC1. The molecule has 0 aromatic carbocycles. The smallest absolute Gasteiger partial charge is 0.207 e. The molecule has 0 atom stereocenters. The molecule has 0 spiro atoms. The maximum absolute atomic E-state index is 11.3. The second-order valence-corrected chi connectivity index (χ2v) is 9.24. The highest BCUT2D eigenvalue weighted by Crippen LogP contribution is 2.26. The van der Waals surface area contributed by atoms with Gasteiger partial charge in [-0.25, -0.2) is 0 Å². The first-order valence-corrected chi connectivity index (χ1v) is 8.06. The van der Waals surface area contributed by atoms with Crippen molar-refractivity contribution >= 4 is 13.9 Å². The second kappa shape index (κ2) is 3.45. The lowest BCUT2D eigenvalue weighted by atomic mass is 9.82. The van der Waals surface area contributed by atoms with Crippen molar-refractivity contribution < 1.29 is 4.79 Å². The van der Waals surface area contributed by atoms with Crippen molar-refractivity contribution in [3.63, 3.8) is 0 Å². The Labute approximate surface area is 75.6 Å². The third-order valence-corrected chi connectivity index (χ3v) is 2.91.